The molecule has 0 aliphatic carbocycles. The van der Waals surface area contributed by atoms with Gasteiger partial charge in [0.1, 0.15) is 0 Å². The largest absolute Gasteiger partial charge is 0.378 e. The number of amides is 3. The fourth-order valence-corrected chi connectivity index (χ4v) is 3.54. The number of benzene rings is 2. The van der Waals surface area contributed by atoms with Crippen molar-refractivity contribution in [2.24, 2.45) is 0 Å². The van der Waals surface area contributed by atoms with Crippen molar-refractivity contribution < 1.29 is 14.4 Å². The maximum atomic E-state index is 12.5. The SMILES string of the molecule is CN(C)c1ccc(/C=C2/SC(=O)N(CCC(=O)Nc3ccccc3)C2=O)cc1. The second-order valence-corrected chi connectivity index (χ2v) is 7.48. The van der Waals surface area contributed by atoms with Crippen LogP contribution in [-0.4, -0.2) is 42.6 Å². The first-order valence-electron chi connectivity index (χ1n) is 8.82. The van der Waals surface area contributed by atoms with Crippen molar-refractivity contribution in [1.82, 2.24) is 4.90 Å². The van der Waals surface area contributed by atoms with Gasteiger partial charge in [-0.1, -0.05) is 30.3 Å². The molecule has 2 aromatic carbocycles. The number of imide groups is 1. The van der Waals surface area contributed by atoms with E-state index < -0.39 is 0 Å². The summed E-state index contributed by atoms with van der Waals surface area (Å²) in [6.07, 6.45) is 1.76. The van der Waals surface area contributed by atoms with Crippen molar-refractivity contribution in [3.8, 4) is 0 Å². The highest BCUT2D eigenvalue weighted by Crippen LogP contribution is 2.32. The Morgan fingerprint density at radius 2 is 1.75 bits per heavy atom. The van der Waals surface area contributed by atoms with Crippen molar-refractivity contribution in [3.63, 3.8) is 0 Å². The summed E-state index contributed by atoms with van der Waals surface area (Å²) in [7, 11) is 3.91. The first kappa shape index (κ1) is 19.7. The number of rotatable bonds is 6. The zero-order valence-electron chi connectivity index (χ0n) is 15.7. The summed E-state index contributed by atoms with van der Waals surface area (Å²) in [4.78, 5) is 40.3. The van der Waals surface area contributed by atoms with Gasteiger partial charge in [0.25, 0.3) is 11.1 Å². The minimum absolute atomic E-state index is 0.0533. The molecule has 1 fully saturated rings. The molecule has 2 aromatic rings. The van der Waals surface area contributed by atoms with Gasteiger partial charge in [-0.05, 0) is 47.7 Å². The van der Waals surface area contributed by atoms with Crippen LogP contribution in [0.2, 0.25) is 0 Å². The third kappa shape index (κ3) is 4.80. The Balaban J connectivity index is 1.60. The van der Waals surface area contributed by atoms with Crippen molar-refractivity contribution in [2.45, 2.75) is 6.42 Å². The highest BCUT2D eigenvalue weighted by molar-refractivity contribution is 8.18. The van der Waals surface area contributed by atoms with Crippen LogP contribution < -0.4 is 10.2 Å². The third-order valence-corrected chi connectivity index (χ3v) is 5.11. The van der Waals surface area contributed by atoms with Crippen LogP contribution in [0.25, 0.3) is 6.08 Å². The van der Waals surface area contributed by atoms with Crippen LogP contribution in [0, 0.1) is 0 Å². The summed E-state index contributed by atoms with van der Waals surface area (Å²) in [6.45, 7) is 0.0558. The van der Waals surface area contributed by atoms with Gasteiger partial charge in [0.15, 0.2) is 0 Å². The summed E-state index contributed by atoms with van der Waals surface area (Å²) < 4.78 is 0. The average Bonchev–Trinajstić information content (AvgIpc) is 2.94. The van der Waals surface area contributed by atoms with Crippen LogP contribution in [0.15, 0.2) is 59.5 Å². The number of carbonyl (C=O) groups is 3. The Morgan fingerprint density at radius 1 is 1.07 bits per heavy atom. The summed E-state index contributed by atoms with van der Waals surface area (Å²) in [5.74, 6) is -0.604. The van der Waals surface area contributed by atoms with Gasteiger partial charge < -0.3 is 10.2 Å². The highest BCUT2D eigenvalue weighted by atomic mass is 32.2. The van der Waals surface area contributed by atoms with Crippen LogP contribution in [0.5, 0.6) is 0 Å². The molecule has 1 aliphatic rings. The summed E-state index contributed by atoms with van der Waals surface area (Å²) in [5, 5.41) is 2.39. The normalized spacial score (nSPS) is 15.2. The third-order valence-electron chi connectivity index (χ3n) is 4.20. The lowest BCUT2D eigenvalue weighted by atomic mass is 10.2. The van der Waals surface area contributed by atoms with Gasteiger partial charge in [-0.15, -0.1) is 0 Å². The highest BCUT2D eigenvalue weighted by Gasteiger charge is 2.35. The van der Waals surface area contributed by atoms with Gasteiger partial charge in [0, 0.05) is 38.4 Å². The number of nitrogens with one attached hydrogen (secondary N) is 1. The Bertz CT molecular complexity index is 908. The molecule has 1 heterocycles. The van der Waals surface area contributed by atoms with E-state index in [4.69, 9.17) is 0 Å². The summed E-state index contributed by atoms with van der Waals surface area (Å²) >= 11 is 0.899. The molecule has 1 N–H and O–H groups in total. The van der Waals surface area contributed by atoms with Crippen LogP contribution in [0.3, 0.4) is 0 Å². The molecule has 0 aromatic heterocycles. The summed E-state index contributed by atoms with van der Waals surface area (Å²) in [6, 6.07) is 16.8. The predicted octanol–water partition coefficient (Wildman–Crippen LogP) is 3.82. The number of thioether (sulfide) groups is 1. The molecule has 3 amide bonds. The molecule has 28 heavy (non-hydrogen) atoms. The number of anilines is 2. The lowest BCUT2D eigenvalue weighted by Gasteiger charge is -2.12. The second-order valence-electron chi connectivity index (χ2n) is 6.48. The van der Waals surface area contributed by atoms with Gasteiger partial charge in [0.2, 0.25) is 5.91 Å². The Morgan fingerprint density at radius 3 is 2.39 bits per heavy atom. The minimum Gasteiger partial charge on any atom is -0.378 e. The molecule has 0 saturated carbocycles. The summed E-state index contributed by atoms with van der Waals surface area (Å²) in [5.41, 5.74) is 2.58. The number of hydrogen-bond acceptors (Lipinski definition) is 5. The Labute approximate surface area is 168 Å². The van der Waals surface area contributed by atoms with E-state index in [1.165, 1.54) is 0 Å². The molecule has 0 unspecified atom stereocenters. The van der Waals surface area contributed by atoms with Gasteiger partial charge in [-0.2, -0.15) is 0 Å². The van der Waals surface area contributed by atoms with Gasteiger partial charge in [-0.3, -0.25) is 19.3 Å². The molecular formula is C21H21N3O3S. The molecule has 144 valence electrons. The quantitative estimate of drug-likeness (QED) is 0.753. The number of carbonyl (C=O) groups excluding carboxylic acids is 3. The van der Waals surface area contributed by atoms with E-state index in [0.29, 0.717) is 10.6 Å². The van der Waals surface area contributed by atoms with Crippen molar-refractivity contribution in [3.05, 3.63) is 65.1 Å². The molecule has 7 heteroatoms. The standard InChI is InChI=1S/C21H21N3O3S/c1-23(2)17-10-8-15(9-11-17)14-18-20(26)24(21(27)28-18)13-12-19(25)22-16-6-4-3-5-7-16/h3-11,14H,12-13H2,1-2H3,(H,22,25)/b18-14+. The lowest BCUT2D eigenvalue weighted by Crippen LogP contribution is -2.31. The van der Waals surface area contributed by atoms with Gasteiger partial charge in [-0.25, -0.2) is 0 Å². The molecule has 6 nitrogen and oxygen atoms in total. The molecule has 0 bridgehead atoms. The molecule has 0 atom stereocenters. The van der Waals surface area contributed by atoms with E-state index in [-0.39, 0.29) is 30.0 Å². The maximum Gasteiger partial charge on any atom is 0.293 e. The van der Waals surface area contributed by atoms with Gasteiger partial charge >= 0.3 is 0 Å². The average molecular weight is 395 g/mol. The second kappa shape index (κ2) is 8.75. The minimum atomic E-state index is -0.362. The van der Waals surface area contributed by atoms with E-state index >= 15 is 0 Å². The first-order chi connectivity index (χ1) is 13.4. The Kier molecular flexibility index (Phi) is 6.16. The molecule has 1 saturated heterocycles. The van der Waals surface area contributed by atoms with E-state index in [2.05, 4.69) is 5.32 Å². The monoisotopic (exact) mass is 395 g/mol. The van der Waals surface area contributed by atoms with Crippen molar-refractivity contribution in [2.75, 3.05) is 30.9 Å². The fourth-order valence-electron chi connectivity index (χ4n) is 2.67. The predicted molar refractivity (Wildman–Crippen MR) is 113 cm³/mol. The topological polar surface area (TPSA) is 69.7 Å². The van der Waals surface area contributed by atoms with Gasteiger partial charge in [0.05, 0.1) is 4.91 Å². The fraction of sp³-hybridized carbons (Fsp3) is 0.190. The lowest BCUT2D eigenvalue weighted by molar-refractivity contribution is -0.123. The van der Waals surface area contributed by atoms with E-state index in [0.717, 1.165) is 27.9 Å². The van der Waals surface area contributed by atoms with Crippen LogP contribution in [-0.2, 0) is 9.59 Å². The van der Waals surface area contributed by atoms with Crippen LogP contribution in [0.1, 0.15) is 12.0 Å². The van der Waals surface area contributed by atoms with Crippen molar-refractivity contribution >= 4 is 46.3 Å². The number of nitrogens with zero attached hydrogens (tertiary/aromatic N) is 2. The Hall–Kier alpha value is -3.06. The molecule has 0 spiro atoms. The smallest absolute Gasteiger partial charge is 0.293 e. The van der Waals surface area contributed by atoms with Crippen LogP contribution >= 0.6 is 11.8 Å². The van der Waals surface area contributed by atoms with E-state index in [1.807, 2.05) is 61.5 Å². The first-order valence-corrected chi connectivity index (χ1v) is 9.63. The number of para-hydroxylation sites is 1. The van der Waals surface area contributed by atoms with Crippen LogP contribution in [0.4, 0.5) is 16.2 Å². The molecular weight excluding hydrogens is 374 g/mol. The maximum absolute atomic E-state index is 12.5. The molecule has 1 aliphatic heterocycles. The zero-order chi connectivity index (χ0) is 20.1. The van der Waals surface area contributed by atoms with Crippen molar-refractivity contribution in [1.29, 1.82) is 0 Å². The van der Waals surface area contributed by atoms with E-state index in [1.54, 1.807) is 18.2 Å². The van der Waals surface area contributed by atoms with E-state index in [9.17, 15) is 14.4 Å². The number of hydrogen-bond donors (Lipinski definition) is 1. The zero-order valence-corrected chi connectivity index (χ0v) is 16.5. The molecule has 3 rings (SSSR count). The molecule has 0 radical (unpaired) electrons.